The number of carbonyl (C=O) groups is 1. The van der Waals surface area contributed by atoms with Crippen LogP contribution in [0, 0.1) is 5.92 Å². The summed E-state index contributed by atoms with van der Waals surface area (Å²) < 4.78 is 0. The number of benzene rings is 1. The summed E-state index contributed by atoms with van der Waals surface area (Å²) in [6.07, 6.45) is 0.307. The Labute approximate surface area is 119 Å². The van der Waals surface area contributed by atoms with Gasteiger partial charge in [0.05, 0.1) is 12.6 Å². The summed E-state index contributed by atoms with van der Waals surface area (Å²) in [6.45, 7) is 4.69. The van der Waals surface area contributed by atoms with Crippen LogP contribution in [0.3, 0.4) is 0 Å². The number of anilines is 1. The lowest BCUT2D eigenvalue weighted by molar-refractivity contribution is -0.115. The first-order valence-corrected chi connectivity index (χ1v) is 6.79. The second-order valence-electron chi connectivity index (χ2n) is 4.97. The third kappa shape index (κ3) is 7.15. The maximum atomic E-state index is 11.6. The van der Waals surface area contributed by atoms with Gasteiger partial charge in [0, 0.05) is 17.3 Å². The van der Waals surface area contributed by atoms with E-state index in [0.717, 1.165) is 6.42 Å². The van der Waals surface area contributed by atoms with Crippen molar-refractivity contribution in [2.45, 2.75) is 26.4 Å². The summed E-state index contributed by atoms with van der Waals surface area (Å²) >= 11 is 5.82. The van der Waals surface area contributed by atoms with Gasteiger partial charge in [-0.2, -0.15) is 0 Å². The maximum Gasteiger partial charge on any atom is 0.238 e. The summed E-state index contributed by atoms with van der Waals surface area (Å²) in [5.41, 5.74) is 0.669. The predicted octanol–water partition coefficient (Wildman–Crippen LogP) is 2.28. The molecule has 1 aromatic rings. The van der Waals surface area contributed by atoms with E-state index in [1.807, 2.05) is 0 Å². The third-order valence-electron chi connectivity index (χ3n) is 2.52. The number of hydrogen-bond acceptors (Lipinski definition) is 3. The molecule has 0 aliphatic rings. The van der Waals surface area contributed by atoms with Gasteiger partial charge in [-0.3, -0.25) is 4.79 Å². The van der Waals surface area contributed by atoms with Crippen molar-refractivity contribution in [2.24, 2.45) is 5.92 Å². The summed E-state index contributed by atoms with van der Waals surface area (Å²) in [5, 5.41) is 15.9. The van der Waals surface area contributed by atoms with Crippen molar-refractivity contribution >= 4 is 23.2 Å². The van der Waals surface area contributed by atoms with Gasteiger partial charge in [-0.15, -0.1) is 0 Å². The molecule has 0 radical (unpaired) electrons. The molecule has 1 aromatic carbocycles. The van der Waals surface area contributed by atoms with Crippen LogP contribution >= 0.6 is 11.6 Å². The first kappa shape index (κ1) is 16.0. The highest BCUT2D eigenvalue weighted by Gasteiger charge is 2.08. The van der Waals surface area contributed by atoms with E-state index in [0.29, 0.717) is 23.2 Å². The standard InChI is InChI=1S/C14H21ClN2O2/c1-10(2)6-13(18)8-16-9-14(19)17-12-5-3-4-11(15)7-12/h3-5,7,10,13,16,18H,6,8-9H2,1-2H3,(H,17,19). The molecular formula is C14H21ClN2O2. The summed E-state index contributed by atoms with van der Waals surface area (Å²) in [6, 6.07) is 6.99. The molecular weight excluding hydrogens is 264 g/mol. The van der Waals surface area contributed by atoms with Gasteiger partial charge < -0.3 is 15.7 Å². The highest BCUT2D eigenvalue weighted by molar-refractivity contribution is 6.30. The summed E-state index contributed by atoms with van der Waals surface area (Å²) in [7, 11) is 0. The highest BCUT2D eigenvalue weighted by Crippen LogP contribution is 2.14. The summed E-state index contributed by atoms with van der Waals surface area (Å²) in [4.78, 5) is 11.6. The number of rotatable bonds is 7. The molecule has 0 aromatic heterocycles. The van der Waals surface area contributed by atoms with Gasteiger partial charge in [-0.1, -0.05) is 31.5 Å². The molecule has 4 nitrogen and oxygen atoms in total. The smallest absolute Gasteiger partial charge is 0.238 e. The molecule has 106 valence electrons. The zero-order valence-corrected chi connectivity index (χ0v) is 12.1. The Kier molecular flexibility index (Phi) is 6.84. The van der Waals surface area contributed by atoms with Crippen molar-refractivity contribution in [3.8, 4) is 0 Å². The van der Waals surface area contributed by atoms with E-state index in [9.17, 15) is 9.90 Å². The molecule has 0 aliphatic carbocycles. The number of carbonyl (C=O) groups excluding carboxylic acids is 1. The second-order valence-corrected chi connectivity index (χ2v) is 5.41. The lowest BCUT2D eigenvalue weighted by Crippen LogP contribution is -2.34. The van der Waals surface area contributed by atoms with Gasteiger partial charge >= 0.3 is 0 Å². The second kappa shape index (κ2) is 8.15. The van der Waals surface area contributed by atoms with Crippen LogP contribution in [0.4, 0.5) is 5.69 Å². The first-order valence-electron chi connectivity index (χ1n) is 6.41. The van der Waals surface area contributed by atoms with Crippen LogP contribution in [0.2, 0.25) is 5.02 Å². The highest BCUT2D eigenvalue weighted by atomic mass is 35.5. The molecule has 19 heavy (non-hydrogen) atoms. The number of nitrogens with one attached hydrogen (secondary N) is 2. The Hall–Kier alpha value is -1.10. The van der Waals surface area contributed by atoms with E-state index in [4.69, 9.17) is 11.6 Å². The zero-order valence-electron chi connectivity index (χ0n) is 11.3. The van der Waals surface area contributed by atoms with Crippen LogP contribution in [0.5, 0.6) is 0 Å². The SMILES string of the molecule is CC(C)CC(O)CNCC(=O)Nc1cccc(Cl)c1. The molecule has 0 saturated heterocycles. The number of aliphatic hydroxyl groups excluding tert-OH is 1. The lowest BCUT2D eigenvalue weighted by atomic mass is 10.1. The fraction of sp³-hybridized carbons (Fsp3) is 0.500. The van der Waals surface area contributed by atoms with E-state index >= 15 is 0 Å². The van der Waals surface area contributed by atoms with Crippen molar-refractivity contribution in [3.63, 3.8) is 0 Å². The fourth-order valence-electron chi connectivity index (χ4n) is 1.75. The Morgan fingerprint density at radius 2 is 2.16 bits per heavy atom. The minimum Gasteiger partial charge on any atom is -0.392 e. The Morgan fingerprint density at radius 3 is 2.79 bits per heavy atom. The molecule has 1 rings (SSSR count). The van der Waals surface area contributed by atoms with E-state index in [1.54, 1.807) is 24.3 Å². The van der Waals surface area contributed by atoms with Gasteiger partial charge in [0.15, 0.2) is 0 Å². The molecule has 3 N–H and O–H groups in total. The quantitative estimate of drug-likeness (QED) is 0.720. The zero-order chi connectivity index (χ0) is 14.3. The minimum absolute atomic E-state index is 0.154. The third-order valence-corrected chi connectivity index (χ3v) is 2.75. The minimum atomic E-state index is -0.418. The van der Waals surface area contributed by atoms with Gasteiger partial charge in [0.2, 0.25) is 5.91 Å². The van der Waals surface area contributed by atoms with Crippen LogP contribution in [0.15, 0.2) is 24.3 Å². The van der Waals surface area contributed by atoms with Gasteiger partial charge in [0.25, 0.3) is 0 Å². The van der Waals surface area contributed by atoms with Crippen molar-refractivity contribution in [2.75, 3.05) is 18.4 Å². The van der Waals surface area contributed by atoms with Crippen LogP contribution < -0.4 is 10.6 Å². The number of aliphatic hydroxyl groups is 1. The number of hydrogen-bond donors (Lipinski definition) is 3. The molecule has 1 amide bonds. The Bertz CT molecular complexity index is 410. The van der Waals surface area contributed by atoms with Crippen LogP contribution in [0.25, 0.3) is 0 Å². The van der Waals surface area contributed by atoms with Crippen molar-refractivity contribution < 1.29 is 9.90 Å². The van der Waals surface area contributed by atoms with Crippen molar-refractivity contribution in [3.05, 3.63) is 29.3 Å². The van der Waals surface area contributed by atoms with Crippen LogP contribution in [-0.4, -0.2) is 30.2 Å². The van der Waals surface area contributed by atoms with E-state index < -0.39 is 6.10 Å². The van der Waals surface area contributed by atoms with Crippen molar-refractivity contribution in [1.29, 1.82) is 0 Å². The van der Waals surface area contributed by atoms with E-state index in [2.05, 4.69) is 24.5 Å². The van der Waals surface area contributed by atoms with E-state index in [1.165, 1.54) is 0 Å². The van der Waals surface area contributed by atoms with E-state index in [-0.39, 0.29) is 12.5 Å². The fourth-order valence-corrected chi connectivity index (χ4v) is 1.94. The first-order chi connectivity index (χ1) is 8.97. The Balaban J connectivity index is 2.25. The lowest BCUT2D eigenvalue weighted by Gasteiger charge is -2.13. The molecule has 0 bridgehead atoms. The molecule has 0 aliphatic heterocycles. The molecule has 0 spiro atoms. The number of halogens is 1. The summed E-state index contributed by atoms with van der Waals surface area (Å²) in [5.74, 6) is 0.288. The van der Waals surface area contributed by atoms with Gasteiger partial charge in [-0.25, -0.2) is 0 Å². The van der Waals surface area contributed by atoms with Crippen molar-refractivity contribution in [1.82, 2.24) is 5.32 Å². The number of amides is 1. The van der Waals surface area contributed by atoms with Gasteiger partial charge in [0.1, 0.15) is 0 Å². The molecule has 1 atom stereocenters. The monoisotopic (exact) mass is 284 g/mol. The molecule has 1 unspecified atom stereocenters. The van der Waals surface area contributed by atoms with Crippen LogP contribution in [0.1, 0.15) is 20.3 Å². The van der Waals surface area contributed by atoms with Gasteiger partial charge in [-0.05, 0) is 30.5 Å². The maximum absolute atomic E-state index is 11.6. The average Bonchev–Trinajstić information content (AvgIpc) is 2.27. The molecule has 0 saturated carbocycles. The normalized spacial score (nSPS) is 12.5. The largest absolute Gasteiger partial charge is 0.392 e. The Morgan fingerprint density at radius 1 is 1.42 bits per heavy atom. The topological polar surface area (TPSA) is 61.4 Å². The molecule has 5 heteroatoms. The molecule has 0 fully saturated rings. The predicted molar refractivity (Wildman–Crippen MR) is 78.4 cm³/mol. The van der Waals surface area contributed by atoms with Crippen LogP contribution in [-0.2, 0) is 4.79 Å². The molecule has 0 heterocycles. The average molecular weight is 285 g/mol.